The molecule has 0 radical (unpaired) electrons. The second-order valence-electron chi connectivity index (χ2n) is 7.48. The Morgan fingerprint density at radius 1 is 1.18 bits per heavy atom. The molecular formula is C21H22N2O4S. The first kappa shape index (κ1) is 18.7. The highest BCUT2D eigenvalue weighted by molar-refractivity contribution is 7.93. The van der Waals surface area contributed by atoms with Crippen molar-refractivity contribution in [3.05, 3.63) is 59.2 Å². The van der Waals surface area contributed by atoms with Gasteiger partial charge in [-0.1, -0.05) is 29.8 Å². The third kappa shape index (κ3) is 3.42. The Hall–Kier alpha value is -2.67. The first-order valence-electron chi connectivity index (χ1n) is 9.38. The lowest BCUT2D eigenvalue weighted by Crippen LogP contribution is -2.33. The highest BCUT2D eigenvalue weighted by Crippen LogP contribution is 2.33. The van der Waals surface area contributed by atoms with Gasteiger partial charge in [0.15, 0.2) is 9.84 Å². The first-order chi connectivity index (χ1) is 13.3. The van der Waals surface area contributed by atoms with E-state index in [9.17, 15) is 18.0 Å². The van der Waals surface area contributed by atoms with E-state index in [2.05, 4.69) is 10.6 Å². The summed E-state index contributed by atoms with van der Waals surface area (Å²) in [6.07, 6.45) is 2.38. The highest BCUT2D eigenvalue weighted by atomic mass is 32.2. The van der Waals surface area contributed by atoms with Crippen LogP contribution in [-0.2, 0) is 25.8 Å². The van der Waals surface area contributed by atoms with E-state index < -0.39 is 21.0 Å². The summed E-state index contributed by atoms with van der Waals surface area (Å²) in [5, 5.41) is 4.58. The molecule has 2 N–H and O–H groups in total. The predicted molar refractivity (Wildman–Crippen MR) is 106 cm³/mol. The van der Waals surface area contributed by atoms with E-state index in [4.69, 9.17) is 0 Å². The van der Waals surface area contributed by atoms with Gasteiger partial charge in [0, 0.05) is 12.1 Å². The molecule has 2 aromatic rings. The number of amides is 2. The van der Waals surface area contributed by atoms with Crippen molar-refractivity contribution in [2.24, 2.45) is 0 Å². The van der Waals surface area contributed by atoms with Crippen LogP contribution >= 0.6 is 0 Å². The van der Waals surface area contributed by atoms with E-state index in [1.165, 1.54) is 0 Å². The van der Waals surface area contributed by atoms with Crippen LogP contribution in [0.5, 0.6) is 0 Å². The lowest BCUT2D eigenvalue weighted by Gasteiger charge is -2.24. The van der Waals surface area contributed by atoms with Gasteiger partial charge in [-0.25, -0.2) is 8.42 Å². The summed E-state index contributed by atoms with van der Waals surface area (Å²) in [7, 11) is -3.69. The topological polar surface area (TPSA) is 92.3 Å². The number of fused-ring (bicyclic) bond motifs is 1. The molecule has 2 amide bonds. The van der Waals surface area contributed by atoms with Crippen molar-refractivity contribution in [3.63, 3.8) is 0 Å². The fourth-order valence-electron chi connectivity index (χ4n) is 3.95. The molecule has 0 bridgehead atoms. The minimum Gasteiger partial charge on any atom is -0.349 e. The molecule has 2 aliphatic rings. The molecule has 2 aliphatic heterocycles. The zero-order valence-electron chi connectivity index (χ0n) is 15.6. The quantitative estimate of drug-likeness (QED) is 0.831. The number of anilines is 1. The Bertz CT molecular complexity index is 1060. The number of carbonyl (C=O) groups excluding carboxylic acids is 2. The van der Waals surface area contributed by atoms with Crippen LogP contribution in [0.3, 0.4) is 0 Å². The summed E-state index contributed by atoms with van der Waals surface area (Å²) in [5.74, 6) is -0.505. The molecule has 0 aromatic heterocycles. The average molecular weight is 398 g/mol. The maximum absolute atomic E-state index is 12.8. The smallest absolute Gasteiger partial charge is 0.243 e. The molecule has 4 rings (SSSR count). The van der Waals surface area contributed by atoms with Crippen molar-refractivity contribution in [2.45, 2.75) is 48.8 Å². The zero-order valence-corrected chi connectivity index (χ0v) is 16.4. The van der Waals surface area contributed by atoms with E-state index in [0.29, 0.717) is 17.7 Å². The molecule has 28 heavy (non-hydrogen) atoms. The van der Waals surface area contributed by atoms with Gasteiger partial charge in [0.25, 0.3) is 0 Å². The maximum Gasteiger partial charge on any atom is 0.243 e. The molecule has 6 nitrogen and oxygen atoms in total. The molecule has 146 valence electrons. The number of benzene rings is 2. The molecule has 1 saturated heterocycles. The summed E-state index contributed by atoms with van der Waals surface area (Å²) in [6.45, 7) is 1.90. The van der Waals surface area contributed by atoms with Gasteiger partial charge in [-0.05, 0) is 55.5 Å². The maximum atomic E-state index is 12.8. The zero-order chi connectivity index (χ0) is 19.9. The number of nitrogens with one attached hydrogen (secondary N) is 2. The fraction of sp³-hybridized carbons (Fsp3) is 0.333. The fourth-order valence-corrected chi connectivity index (χ4v) is 5.76. The normalized spacial score (nSPS) is 23.0. The molecule has 0 saturated carbocycles. The molecule has 2 unspecified atom stereocenters. The Morgan fingerprint density at radius 3 is 2.79 bits per heavy atom. The van der Waals surface area contributed by atoms with Gasteiger partial charge in [-0.15, -0.1) is 0 Å². The van der Waals surface area contributed by atoms with Crippen molar-refractivity contribution in [2.75, 3.05) is 5.32 Å². The standard InChI is InChI=1S/C21H22N2O4S/c1-13-8-9-18-15(10-13)12-19(28(18,26)27)21(25)22-16-5-2-4-14(11-16)17-6-3-7-20(24)23-17/h2,4-5,8-11,17,19H,3,6-7,12H2,1H3,(H,22,25)(H,23,24). The summed E-state index contributed by atoms with van der Waals surface area (Å²) in [6, 6.07) is 12.3. The van der Waals surface area contributed by atoms with Crippen LogP contribution in [0.2, 0.25) is 0 Å². The third-order valence-corrected chi connectivity index (χ3v) is 7.52. The van der Waals surface area contributed by atoms with Crippen LogP contribution in [0.4, 0.5) is 5.69 Å². The van der Waals surface area contributed by atoms with Crippen LogP contribution in [0, 0.1) is 6.92 Å². The number of piperidine rings is 1. The third-order valence-electron chi connectivity index (χ3n) is 5.38. The average Bonchev–Trinajstić information content (AvgIpc) is 2.92. The van der Waals surface area contributed by atoms with E-state index in [1.807, 2.05) is 19.1 Å². The number of carbonyl (C=O) groups is 2. The number of sulfone groups is 1. The molecule has 1 fully saturated rings. The van der Waals surface area contributed by atoms with E-state index in [1.54, 1.807) is 30.3 Å². The lowest BCUT2D eigenvalue weighted by atomic mass is 9.97. The van der Waals surface area contributed by atoms with Gasteiger partial charge in [-0.2, -0.15) is 0 Å². The second kappa shape index (κ2) is 7.05. The first-order valence-corrected chi connectivity index (χ1v) is 10.9. The highest BCUT2D eigenvalue weighted by Gasteiger charge is 2.41. The largest absolute Gasteiger partial charge is 0.349 e. The Kier molecular flexibility index (Phi) is 4.71. The molecule has 0 spiro atoms. The van der Waals surface area contributed by atoms with E-state index in [-0.39, 0.29) is 23.3 Å². The van der Waals surface area contributed by atoms with Crippen molar-refractivity contribution < 1.29 is 18.0 Å². The van der Waals surface area contributed by atoms with Crippen LogP contribution in [0.25, 0.3) is 0 Å². The Labute approximate surface area is 164 Å². The van der Waals surface area contributed by atoms with Gasteiger partial charge in [0.05, 0.1) is 10.9 Å². The SMILES string of the molecule is Cc1ccc2c(c1)CC(C(=O)Nc1cccc(C3CCCC(=O)N3)c1)S2(=O)=O. The summed E-state index contributed by atoms with van der Waals surface area (Å²) >= 11 is 0. The minimum absolute atomic E-state index is 0.0239. The van der Waals surface area contributed by atoms with Gasteiger partial charge in [0.1, 0.15) is 5.25 Å². The van der Waals surface area contributed by atoms with Crippen LogP contribution < -0.4 is 10.6 Å². The van der Waals surface area contributed by atoms with Gasteiger partial charge in [0.2, 0.25) is 11.8 Å². The minimum atomic E-state index is -3.69. The number of hydrogen-bond donors (Lipinski definition) is 2. The van der Waals surface area contributed by atoms with Crippen LogP contribution in [-0.4, -0.2) is 25.5 Å². The molecule has 7 heteroatoms. The van der Waals surface area contributed by atoms with Gasteiger partial charge in [-0.3, -0.25) is 9.59 Å². The van der Waals surface area contributed by atoms with Gasteiger partial charge < -0.3 is 10.6 Å². The Morgan fingerprint density at radius 2 is 2.00 bits per heavy atom. The summed E-state index contributed by atoms with van der Waals surface area (Å²) < 4.78 is 25.5. The monoisotopic (exact) mass is 398 g/mol. The number of rotatable bonds is 3. The van der Waals surface area contributed by atoms with Crippen LogP contribution in [0.15, 0.2) is 47.4 Å². The van der Waals surface area contributed by atoms with Gasteiger partial charge >= 0.3 is 0 Å². The van der Waals surface area contributed by atoms with Crippen LogP contribution in [0.1, 0.15) is 42.0 Å². The molecule has 2 aromatic carbocycles. The second-order valence-corrected chi connectivity index (χ2v) is 9.57. The number of hydrogen-bond acceptors (Lipinski definition) is 4. The van der Waals surface area contributed by atoms with Crippen molar-refractivity contribution in [1.82, 2.24) is 5.32 Å². The molecular weight excluding hydrogens is 376 g/mol. The van der Waals surface area contributed by atoms with Crippen molar-refractivity contribution in [3.8, 4) is 0 Å². The molecule has 0 aliphatic carbocycles. The van der Waals surface area contributed by atoms with Crippen molar-refractivity contribution in [1.29, 1.82) is 0 Å². The van der Waals surface area contributed by atoms with E-state index >= 15 is 0 Å². The lowest BCUT2D eigenvalue weighted by molar-refractivity contribution is -0.123. The number of aryl methyl sites for hydroxylation is 1. The molecule has 2 heterocycles. The van der Waals surface area contributed by atoms with E-state index in [0.717, 1.165) is 24.0 Å². The molecule has 2 atom stereocenters. The Balaban J connectivity index is 1.53. The summed E-state index contributed by atoms with van der Waals surface area (Å²) in [5.41, 5.74) is 3.10. The van der Waals surface area contributed by atoms with Crippen molar-refractivity contribution >= 4 is 27.3 Å². The summed E-state index contributed by atoms with van der Waals surface area (Å²) in [4.78, 5) is 24.6. The predicted octanol–water partition coefficient (Wildman–Crippen LogP) is 2.67.